The van der Waals surface area contributed by atoms with Gasteiger partial charge in [0.2, 0.25) is 17.7 Å². The highest BCUT2D eigenvalue weighted by Crippen LogP contribution is 2.42. The van der Waals surface area contributed by atoms with Gasteiger partial charge in [-0.25, -0.2) is 5.48 Å². The van der Waals surface area contributed by atoms with E-state index < -0.39 is 12.2 Å². The zero-order chi connectivity index (χ0) is 39.7. The van der Waals surface area contributed by atoms with Crippen molar-refractivity contribution in [1.29, 1.82) is 0 Å². The van der Waals surface area contributed by atoms with E-state index in [1.54, 1.807) is 5.48 Å². The summed E-state index contributed by atoms with van der Waals surface area (Å²) in [6.07, 6.45) is 7.90. The molecule has 0 aromatic heterocycles. The second-order valence-electron chi connectivity index (χ2n) is 16.8. The van der Waals surface area contributed by atoms with E-state index in [1.807, 2.05) is 63.2 Å². The van der Waals surface area contributed by atoms with Gasteiger partial charge in [-0.05, 0) is 99.1 Å². The minimum absolute atomic E-state index is 0.0192. The molecule has 56 heavy (non-hydrogen) atoms. The summed E-state index contributed by atoms with van der Waals surface area (Å²) in [6.45, 7) is 7.15. The van der Waals surface area contributed by atoms with Crippen molar-refractivity contribution >= 4 is 17.7 Å². The molecule has 3 aromatic rings. The minimum Gasteiger partial charge on any atom is -0.392 e. The average molecular weight is 769 g/mol. The highest BCUT2D eigenvalue weighted by molar-refractivity contribution is 5.82. The van der Waals surface area contributed by atoms with Crippen molar-refractivity contribution in [2.24, 2.45) is 5.92 Å². The van der Waals surface area contributed by atoms with Crippen LogP contribution in [0.3, 0.4) is 0 Å². The Morgan fingerprint density at radius 3 is 2.23 bits per heavy atom. The molecule has 6 rings (SSSR count). The molecule has 6 atom stereocenters. The van der Waals surface area contributed by atoms with E-state index in [9.17, 15) is 19.5 Å². The first-order chi connectivity index (χ1) is 27.0. The molecule has 3 aliphatic rings. The van der Waals surface area contributed by atoms with Gasteiger partial charge in [0.05, 0.1) is 24.9 Å². The van der Waals surface area contributed by atoms with Crippen LogP contribution < -0.4 is 16.1 Å². The summed E-state index contributed by atoms with van der Waals surface area (Å²) in [4.78, 5) is 39.9. The summed E-state index contributed by atoms with van der Waals surface area (Å²) in [5.41, 5.74) is 7.11. The van der Waals surface area contributed by atoms with Crippen LogP contribution in [0.1, 0.15) is 126 Å². The number of carbonyl (C=O) groups excluding carboxylic acids is 3. The molecule has 302 valence electrons. The fourth-order valence-corrected chi connectivity index (χ4v) is 8.61. The maximum absolute atomic E-state index is 13.8. The Morgan fingerprint density at radius 2 is 1.52 bits per heavy atom. The molecule has 3 fully saturated rings. The van der Waals surface area contributed by atoms with Crippen molar-refractivity contribution in [3.8, 4) is 11.1 Å². The average Bonchev–Trinajstić information content (AvgIpc) is 3.21. The number of unbranched alkanes of at least 4 members (excludes halogenated alkanes) is 1. The Kier molecular flexibility index (Phi) is 14.3. The van der Waals surface area contributed by atoms with Crippen LogP contribution in [0.5, 0.6) is 0 Å². The number of ether oxygens (including phenoxy) is 2. The summed E-state index contributed by atoms with van der Waals surface area (Å²) >= 11 is 0. The Morgan fingerprint density at radius 1 is 0.804 bits per heavy atom. The van der Waals surface area contributed by atoms with Gasteiger partial charge >= 0.3 is 0 Å². The monoisotopic (exact) mass is 768 g/mol. The number of aliphatic hydroxyl groups is 1. The van der Waals surface area contributed by atoms with Crippen LogP contribution in [-0.4, -0.2) is 63.2 Å². The van der Waals surface area contributed by atoms with E-state index in [0.29, 0.717) is 50.7 Å². The van der Waals surface area contributed by atoms with Gasteiger partial charge in [0.25, 0.3) is 0 Å². The lowest BCUT2D eigenvalue weighted by molar-refractivity contribution is -0.255. The normalized spacial score (nSPS) is 24.2. The first-order valence-corrected chi connectivity index (χ1v) is 20.5. The number of nitrogens with one attached hydrogen (secondary N) is 3. The van der Waals surface area contributed by atoms with Crippen LogP contribution in [0.25, 0.3) is 11.1 Å². The molecule has 3 aromatic carbocycles. The fraction of sp³-hybridized carbons (Fsp3) is 0.533. The van der Waals surface area contributed by atoms with Crippen LogP contribution in [0.15, 0.2) is 72.8 Å². The van der Waals surface area contributed by atoms with Crippen LogP contribution >= 0.6 is 0 Å². The van der Waals surface area contributed by atoms with Crippen LogP contribution in [0.2, 0.25) is 0 Å². The number of aliphatic hydroxyl groups excluding tert-OH is 1. The number of piperidine rings is 1. The van der Waals surface area contributed by atoms with Gasteiger partial charge in [0.1, 0.15) is 0 Å². The zero-order valence-electron chi connectivity index (χ0n) is 33.2. The number of likely N-dealkylation sites (tertiary alicyclic amines) is 1. The lowest BCUT2D eigenvalue weighted by Crippen LogP contribution is -2.61. The van der Waals surface area contributed by atoms with Gasteiger partial charge in [0.15, 0.2) is 6.29 Å². The SMILES string of the molecule is CC(C)(C)NC(=O)[C@H]1CC[C@H]2CCCC[C@H]2N1C[C@@H]1C[C@H](c2ccc(CO)cc2)O[C@H](c2ccc(-c3cccc(CNC(=O)CCCCC(=O)NO)c3)cc2)O1. The number of amides is 3. The Bertz CT molecular complexity index is 1760. The molecule has 0 unspecified atom stereocenters. The molecule has 0 bridgehead atoms. The number of hydroxylamine groups is 1. The van der Waals surface area contributed by atoms with Gasteiger partial charge in [-0.3, -0.25) is 24.5 Å². The first-order valence-electron chi connectivity index (χ1n) is 20.5. The summed E-state index contributed by atoms with van der Waals surface area (Å²) in [5, 5.41) is 24.6. The molecule has 11 nitrogen and oxygen atoms in total. The van der Waals surface area contributed by atoms with Gasteiger partial charge in [0, 0.05) is 49.5 Å². The lowest BCUT2D eigenvalue weighted by Gasteiger charge is -2.50. The molecule has 0 spiro atoms. The van der Waals surface area contributed by atoms with E-state index >= 15 is 0 Å². The maximum atomic E-state index is 13.8. The van der Waals surface area contributed by atoms with Crippen LogP contribution in [0, 0.1) is 5.92 Å². The van der Waals surface area contributed by atoms with E-state index in [1.165, 1.54) is 19.3 Å². The van der Waals surface area contributed by atoms with Crippen LogP contribution in [0.4, 0.5) is 0 Å². The molecule has 1 saturated carbocycles. The van der Waals surface area contributed by atoms with E-state index in [-0.39, 0.29) is 48.6 Å². The topological polar surface area (TPSA) is 149 Å². The molecular formula is C45H60N4O7. The fourth-order valence-electron chi connectivity index (χ4n) is 8.61. The Hall–Kier alpha value is -4.13. The minimum atomic E-state index is -0.612. The summed E-state index contributed by atoms with van der Waals surface area (Å²) in [7, 11) is 0. The van der Waals surface area contributed by atoms with Crippen molar-refractivity contribution in [2.75, 3.05) is 6.54 Å². The Labute approximate surface area is 331 Å². The molecule has 11 heteroatoms. The maximum Gasteiger partial charge on any atom is 0.243 e. The predicted octanol–water partition coefficient (Wildman–Crippen LogP) is 7.01. The number of rotatable bonds is 14. The number of fused-ring (bicyclic) bond motifs is 1. The van der Waals surface area contributed by atoms with Gasteiger partial charge in [-0.15, -0.1) is 0 Å². The summed E-state index contributed by atoms with van der Waals surface area (Å²) in [5.74, 6) is 0.168. The largest absolute Gasteiger partial charge is 0.392 e. The molecule has 2 heterocycles. The highest BCUT2D eigenvalue weighted by atomic mass is 16.7. The number of nitrogens with zero attached hydrogens (tertiary/aromatic N) is 1. The van der Waals surface area contributed by atoms with Crippen molar-refractivity contribution in [3.05, 3.63) is 95.1 Å². The molecule has 0 radical (unpaired) electrons. The van der Waals surface area contributed by atoms with Crippen molar-refractivity contribution in [1.82, 2.24) is 21.0 Å². The third-order valence-electron chi connectivity index (χ3n) is 11.5. The van der Waals surface area contributed by atoms with Crippen LogP contribution in [-0.2, 0) is 37.0 Å². The highest BCUT2D eigenvalue weighted by Gasteiger charge is 2.44. The molecule has 3 amide bonds. The number of carbonyl (C=O) groups is 3. The van der Waals surface area contributed by atoms with Crippen molar-refractivity contribution in [2.45, 2.75) is 141 Å². The molecule has 5 N–H and O–H groups in total. The van der Waals surface area contributed by atoms with Crippen molar-refractivity contribution < 1.29 is 34.2 Å². The molecular weight excluding hydrogens is 709 g/mol. The standard InChI is InChI=1S/C45H60N4O7/c1-45(2,3)47-43(53)39-24-23-33-10-4-5-12-38(33)49(39)28-37-26-40(34-17-15-30(29-50)16-18-34)56-44(55-37)35-21-19-32(20-22-35)36-11-8-9-31(25-36)27-46-41(51)13-6-7-14-42(52)48-54/h8-9,11,15-22,25,33,37-40,44,50,54H,4-7,10,12-14,23-24,26-29H2,1-3H3,(H,46,51)(H,47,53)(H,48,52)/t33-,37+,38-,39-,40-,44-/m1/s1. The number of benzene rings is 3. The summed E-state index contributed by atoms with van der Waals surface area (Å²) in [6, 6.07) is 24.4. The van der Waals surface area contributed by atoms with Gasteiger partial charge in [-0.1, -0.05) is 79.6 Å². The van der Waals surface area contributed by atoms with Crippen molar-refractivity contribution in [3.63, 3.8) is 0 Å². The lowest BCUT2D eigenvalue weighted by atomic mass is 9.75. The number of hydrogen-bond donors (Lipinski definition) is 5. The molecule has 2 aliphatic heterocycles. The Balaban J connectivity index is 1.17. The predicted molar refractivity (Wildman–Crippen MR) is 214 cm³/mol. The van der Waals surface area contributed by atoms with Gasteiger partial charge < -0.3 is 25.2 Å². The quantitative estimate of drug-likeness (QED) is 0.0669. The zero-order valence-corrected chi connectivity index (χ0v) is 33.2. The van der Waals surface area contributed by atoms with E-state index in [2.05, 4.69) is 45.9 Å². The molecule has 2 saturated heterocycles. The second kappa shape index (κ2) is 19.3. The third kappa shape index (κ3) is 11.3. The second-order valence-corrected chi connectivity index (χ2v) is 16.8. The third-order valence-corrected chi connectivity index (χ3v) is 11.5. The number of hydrogen-bond acceptors (Lipinski definition) is 8. The van der Waals surface area contributed by atoms with Gasteiger partial charge in [-0.2, -0.15) is 0 Å². The van der Waals surface area contributed by atoms with E-state index in [0.717, 1.165) is 52.6 Å². The summed E-state index contributed by atoms with van der Waals surface area (Å²) < 4.78 is 13.6. The first kappa shape index (κ1) is 41.5. The van der Waals surface area contributed by atoms with E-state index in [4.69, 9.17) is 14.7 Å². The molecule has 1 aliphatic carbocycles. The smallest absolute Gasteiger partial charge is 0.243 e.